The zero-order valence-corrected chi connectivity index (χ0v) is 7.36. The van der Waals surface area contributed by atoms with Crippen LogP contribution in [0.25, 0.3) is 0 Å². The van der Waals surface area contributed by atoms with Crippen LogP contribution in [0.15, 0.2) is 12.8 Å². The quantitative estimate of drug-likeness (QED) is 0.580. The summed E-state index contributed by atoms with van der Waals surface area (Å²) in [6.07, 6.45) is 1.29. The molecule has 0 N–H and O–H groups in total. The maximum absolute atomic E-state index is 11.4. The Morgan fingerprint density at radius 1 is 1.69 bits per heavy atom. The lowest BCUT2D eigenvalue weighted by Gasteiger charge is -2.29. The number of carbonyl (C=O) groups is 2. The first-order valence-corrected chi connectivity index (χ1v) is 3.97. The summed E-state index contributed by atoms with van der Waals surface area (Å²) in [6.45, 7) is 5.06. The second-order valence-electron chi connectivity index (χ2n) is 3.01. The molecule has 1 saturated heterocycles. The van der Waals surface area contributed by atoms with Crippen LogP contribution in [-0.4, -0.2) is 23.1 Å². The fourth-order valence-electron chi connectivity index (χ4n) is 1.29. The molecule has 1 aliphatic heterocycles. The normalized spacial score (nSPS) is 28.5. The van der Waals surface area contributed by atoms with Crippen LogP contribution in [0.1, 0.15) is 6.92 Å². The average Bonchev–Trinajstić information content (AvgIpc) is 2.12. The molecule has 0 aromatic carbocycles. The highest BCUT2D eigenvalue weighted by Crippen LogP contribution is 2.21. The van der Waals surface area contributed by atoms with Gasteiger partial charge in [0.25, 0.3) is 0 Å². The molecule has 2 atom stereocenters. The van der Waals surface area contributed by atoms with E-state index < -0.39 is 11.8 Å². The summed E-state index contributed by atoms with van der Waals surface area (Å²) in [5.74, 6) is -1.76. The Morgan fingerprint density at radius 2 is 2.31 bits per heavy atom. The van der Waals surface area contributed by atoms with E-state index in [0.717, 1.165) is 0 Å². The molecule has 68 valence electrons. The number of hydrogen-bond donors (Lipinski definition) is 0. The van der Waals surface area contributed by atoms with Crippen molar-refractivity contribution in [1.29, 1.82) is 5.26 Å². The van der Waals surface area contributed by atoms with Gasteiger partial charge in [0.1, 0.15) is 5.92 Å². The maximum Gasteiger partial charge on any atom is 0.244 e. The lowest BCUT2D eigenvalue weighted by atomic mass is 9.86. The van der Waals surface area contributed by atoms with Gasteiger partial charge >= 0.3 is 0 Å². The molecule has 0 aromatic rings. The summed E-state index contributed by atoms with van der Waals surface area (Å²) in [4.78, 5) is 23.9. The summed E-state index contributed by atoms with van der Waals surface area (Å²) < 4.78 is 0. The molecule has 4 nitrogen and oxygen atoms in total. The topological polar surface area (TPSA) is 61.2 Å². The van der Waals surface area contributed by atoms with Crippen LogP contribution in [0.5, 0.6) is 0 Å². The van der Waals surface area contributed by atoms with Crippen LogP contribution in [0, 0.1) is 23.2 Å². The Labute approximate surface area is 76.4 Å². The number of hydrogen-bond acceptors (Lipinski definition) is 3. The predicted octanol–water partition coefficient (Wildman–Crippen LogP) is 0.317. The number of carbonyl (C=O) groups excluding carboxylic acids is 2. The van der Waals surface area contributed by atoms with Crippen molar-refractivity contribution in [2.75, 3.05) is 6.54 Å². The van der Waals surface area contributed by atoms with Gasteiger partial charge in [0.05, 0.1) is 12.6 Å². The van der Waals surface area contributed by atoms with Gasteiger partial charge in [-0.05, 0) is 0 Å². The van der Waals surface area contributed by atoms with E-state index >= 15 is 0 Å². The first-order chi connectivity index (χ1) is 6.11. The molecule has 1 rings (SSSR count). The maximum atomic E-state index is 11.4. The molecule has 0 bridgehead atoms. The van der Waals surface area contributed by atoms with Gasteiger partial charge in [-0.15, -0.1) is 0 Å². The lowest BCUT2D eigenvalue weighted by Crippen LogP contribution is -2.47. The third kappa shape index (κ3) is 1.45. The zero-order valence-electron chi connectivity index (χ0n) is 7.36. The summed E-state index contributed by atoms with van der Waals surface area (Å²) in [5, 5.41) is 8.68. The highest BCUT2D eigenvalue weighted by molar-refractivity contribution is 5.97. The highest BCUT2D eigenvalue weighted by atomic mass is 16.2. The molecule has 4 heteroatoms. The second kappa shape index (κ2) is 3.40. The molecule has 13 heavy (non-hydrogen) atoms. The van der Waals surface area contributed by atoms with Gasteiger partial charge < -0.3 is 4.90 Å². The molecule has 1 heterocycles. The van der Waals surface area contributed by atoms with E-state index in [1.54, 1.807) is 6.92 Å². The first-order valence-electron chi connectivity index (χ1n) is 3.97. The number of ketones is 1. The number of likely N-dealkylation sites (tertiary alicyclic amines) is 1. The summed E-state index contributed by atoms with van der Waals surface area (Å²) in [7, 11) is 0. The third-order valence-corrected chi connectivity index (χ3v) is 2.24. The van der Waals surface area contributed by atoms with Gasteiger partial charge in [0, 0.05) is 12.1 Å². The molecule has 1 aliphatic rings. The molecule has 1 fully saturated rings. The van der Waals surface area contributed by atoms with E-state index in [-0.39, 0.29) is 18.2 Å². The second-order valence-corrected chi connectivity index (χ2v) is 3.01. The summed E-state index contributed by atoms with van der Waals surface area (Å²) in [5.41, 5.74) is 0. The molecule has 0 spiro atoms. The highest BCUT2D eigenvalue weighted by Gasteiger charge is 2.38. The number of nitrogens with zero attached hydrogens (tertiary/aromatic N) is 2. The zero-order chi connectivity index (χ0) is 10.0. The van der Waals surface area contributed by atoms with Crippen LogP contribution >= 0.6 is 0 Å². The van der Waals surface area contributed by atoms with E-state index in [0.29, 0.717) is 0 Å². The molecule has 0 saturated carbocycles. The standard InChI is InChI=1S/C9H10N2O2/c1-3-11-5-8(12)6(2)7(4-10)9(11)13/h3,6-7H,1,5H2,2H3. The molecular formula is C9H10N2O2. The Kier molecular flexibility index (Phi) is 2.47. The van der Waals surface area contributed by atoms with E-state index in [1.807, 2.05) is 6.07 Å². The van der Waals surface area contributed by atoms with Crippen molar-refractivity contribution in [2.24, 2.45) is 11.8 Å². The minimum absolute atomic E-state index is 0.0433. The Balaban J connectivity index is 2.95. The van der Waals surface area contributed by atoms with Crippen LogP contribution in [0.4, 0.5) is 0 Å². The number of nitriles is 1. The van der Waals surface area contributed by atoms with Crippen LogP contribution in [-0.2, 0) is 9.59 Å². The Hall–Kier alpha value is -1.63. The fourth-order valence-corrected chi connectivity index (χ4v) is 1.29. The number of rotatable bonds is 1. The van der Waals surface area contributed by atoms with Crippen molar-refractivity contribution >= 4 is 11.7 Å². The van der Waals surface area contributed by atoms with Gasteiger partial charge in [0.15, 0.2) is 5.78 Å². The Morgan fingerprint density at radius 3 is 2.77 bits per heavy atom. The van der Waals surface area contributed by atoms with E-state index in [1.165, 1.54) is 11.1 Å². The molecular weight excluding hydrogens is 168 g/mol. The molecule has 1 amide bonds. The SMILES string of the molecule is C=CN1CC(=O)C(C)C(C#N)C1=O. The smallest absolute Gasteiger partial charge is 0.244 e. The van der Waals surface area contributed by atoms with Crippen molar-refractivity contribution in [2.45, 2.75) is 6.92 Å². The monoisotopic (exact) mass is 178 g/mol. The Bertz CT molecular complexity index is 303. The van der Waals surface area contributed by atoms with Gasteiger partial charge in [-0.3, -0.25) is 9.59 Å². The summed E-state index contributed by atoms with van der Waals surface area (Å²) in [6, 6.07) is 1.84. The molecule has 0 aliphatic carbocycles. The fraction of sp³-hybridized carbons (Fsp3) is 0.444. The van der Waals surface area contributed by atoms with Crippen LogP contribution in [0.2, 0.25) is 0 Å². The van der Waals surface area contributed by atoms with Crippen molar-refractivity contribution in [3.8, 4) is 6.07 Å². The number of amides is 1. The summed E-state index contributed by atoms with van der Waals surface area (Å²) >= 11 is 0. The van der Waals surface area contributed by atoms with Gasteiger partial charge in [-0.1, -0.05) is 13.5 Å². The largest absolute Gasteiger partial charge is 0.311 e. The van der Waals surface area contributed by atoms with Crippen molar-refractivity contribution in [3.05, 3.63) is 12.8 Å². The van der Waals surface area contributed by atoms with Gasteiger partial charge in [0.2, 0.25) is 5.91 Å². The molecule has 0 aromatic heterocycles. The van der Waals surface area contributed by atoms with E-state index in [4.69, 9.17) is 5.26 Å². The predicted molar refractivity (Wildman–Crippen MR) is 45.2 cm³/mol. The minimum Gasteiger partial charge on any atom is -0.311 e. The van der Waals surface area contributed by atoms with Crippen LogP contribution in [0.3, 0.4) is 0 Å². The first kappa shape index (κ1) is 9.46. The van der Waals surface area contributed by atoms with Crippen molar-refractivity contribution in [3.63, 3.8) is 0 Å². The minimum atomic E-state index is -0.848. The molecule has 0 radical (unpaired) electrons. The van der Waals surface area contributed by atoms with Gasteiger partial charge in [-0.2, -0.15) is 5.26 Å². The number of piperidine rings is 1. The van der Waals surface area contributed by atoms with Crippen molar-refractivity contribution < 1.29 is 9.59 Å². The molecule has 2 unspecified atom stereocenters. The average molecular weight is 178 g/mol. The van der Waals surface area contributed by atoms with Crippen molar-refractivity contribution in [1.82, 2.24) is 4.90 Å². The lowest BCUT2D eigenvalue weighted by molar-refractivity contribution is -0.144. The number of Topliss-reactive ketones (excluding diaryl/α,β-unsaturated/α-hetero) is 1. The van der Waals surface area contributed by atoms with Gasteiger partial charge in [-0.25, -0.2) is 0 Å². The van der Waals surface area contributed by atoms with Crippen LogP contribution < -0.4 is 0 Å². The van der Waals surface area contributed by atoms with E-state index in [9.17, 15) is 9.59 Å². The third-order valence-electron chi connectivity index (χ3n) is 2.24. The van der Waals surface area contributed by atoms with E-state index in [2.05, 4.69) is 6.58 Å².